The molecule has 1 aliphatic heterocycles. The number of rotatable bonds is 4. The van der Waals surface area contributed by atoms with Crippen LogP contribution in [0.15, 0.2) is 17.5 Å². The normalized spacial score (nSPS) is 15.8. The second kappa shape index (κ2) is 5.20. The van der Waals surface area contributed by atoms with E-state index in [4.69, 9.17) is 0 Å². The van der Waals surface area contributed by atoms with Gasteiger partial charge in [-0.15, -0.1) is 21.5 Å². The predicted molar refractivity (Wildman–Crippen MR) is 72.7 cm³/mol. The van der Waals surface area contributed by atoms with Crippen LogP contribution in [0.5, 0.6) is 0 Å². The van der Waals surface area contributed by atoms with Crippen molar-refractivity contribution in [1.29, 1.82) is 0 Å². The third kappa shape index (κ3) is 2.33. The highest BCUT2D eigenvalue weighted by atomic mass is 32.1. The van der Waals surface area contributed by atoms with Crippen molar-refractivity contribution in [3.05, 3.63) is 34.0 Å². The average Bonchev–Trinajstić information content (AvgIpc) is 3.05. The van der Waals surface area contributed by atoms with Crippen LogP contribution in [0.3, 0.4) is 0 Å². The third-order valence-corrected chi connectivity index (χ3v) is 4.42. The summed E-state index contributed by atoms with van der Waals surface area (Å²) in [7, 11) is 0. The van der Waals surface area contributed by atoms with Gasteiger partial charge in [-0.3, -0.25) is 4.90 Å². The molecule has 0 unspecified atom stereocenters. The van der Waals surface area contributed by atoms with Gasteiger partial charge in [0, 0.05) is 30.9 Å². The molecule has 0 spiro atoms. The topological polar surface area (TPSA) is 34.0 Å². The Balaban J connectivity index is 1.61. The number of nitrogens with zero attached hydrogens (tertiary/aromatic N) is 4. The molecule has 0 atom stereocenters. The van der Waals surface area contributed by atoms with Crippen LogP contribution in [0.25, 0.3) is 0 Å². The van der Waals surface area contributed by atoms with Gasteiger partial charge in [0.2, 0.25) is 0 Å². The van der Waals surface area contributed by atoms with Crippen LogP contribution in [-0.4, -0.2) is 32.8 Å². The molecule has 3 rings (SSSR count). The van der Waals surface area contributed by atoms with Crippen molar-refractivity contribution in [3.8, 4) is 0 Å². The van der Waals surface area contributed by atoms with Gasteiger partial charge in [-0.25, -0.2) is 0 Å². The molecule has 0 amide bonds. The van der Waals surface area contributed by atoms with E-state index in [-0.39, 0.29) is 0 Å². The van der Waals surface area contributed by atoms with Crippen molar-refractivity contribution in [1.82, 2.24) is 19.7 Å². The second-order valence-electron chi connectivity index (χ2n) is 4.64. The van der Waals surface area contributed by atoms with Gasteiger partial charge in [-0.05, 0) is 17.9 Å². The van der Waals surface area contributed by atoms with Gasteiger partial charge in [0.05, 0.1) is 6.54 Å². The van der Waals surface area contributed by atoms with Crippen molar-refractivity contribution < 1.29 is 0 Å². The van der Waals surface area contributed by atoms with Crippen LogP contribution in [0, 0.1) is 0 Å². The molecular weight excluding hydrogens is 244 g/mol. The van der Waals surface area contributed by atoms with Gasteiger partial charge < -0.3 is 4.57 Å². The number of aromatic nitrogens is 3. The summed E-state index contributed by atoms with van der Waals surface area (Å²) in [5.74, 6) is 2.26. The van der Waals surface area contributed by atoms with E-state index in [2.05, 4.69) is 44.1 Å². The lowest BCUT2D eigenvalue weighted by Crippen LogP contribution is -2.35. The van der Waals surface area contributed by atoms with Crippen molar-refractivity contribution >= 4 is 11.3 Å². The number of fused-ring (bicyclic) bond motifs is 1. The summed E-state index contributed by atoms with van der Waals surface area (Å²) < 4.78 is 2.28. The number of thiophene rings is 1. The molecule has 2 aromatic rings. The zero-order chi connectivity index (χ0) is 12.4. The first kappa shape index (κ1) is 11.9. The van der Waals surface area contributed by atoms with Crippen LogP contribution < -0.4 is 0 Å². The van der Waals surface area contributed by atoms with Gasteiger partial charge in [-0.1, -0.05) is 13.0 Å². The van der Waals surface area contributed by atoms with Crippen molar-refractivity contribution in [2.75, 3.05) is 13.1 Å². The van der Waals surface area contributed by atoms with Crippen LogP contribution >= 0.6 is 11.3 Å². The average molecular weight is 262 g/mol. The smallest absolute Gasteiger partial charge is 0.147 e. The number of aryl methyl sites for hydroxylation is 1. The number of hydrogen-bond acceptors (Lipinski definition) is 4. The Labute approximate surface area is 111 Å². The van der Waals surface area contributed by atoms with E-state index in [9.17, 15) is 0 Å². The predicted octanol–water partition coefficient (Wildman–Crippen LogP) is 1.96. The molecule has 2 aromatic heterocycles. The minimum atomic E-state index is 0.943. The first-order chi connectivity index (χ1) is 8.86. The molecule has 18 heavy (non-hydrogen) atoms. The molecule has 0 fully saturated rings. The summed E-state index contributed by atoms with van der Waals surface area (Å²) in [5.41, 5.74) is 0. The molecule has 0 saturated heterocycles. The molecule has 4 nitrogen and oxygen atoms in total. The summed E-state index contributed by atoms with van der Waals surface area (Å²) in [5, 5.41) is 10.7. The molecule has 0 N–H and O–H groups in total. The van der Waals surface area contributed by atoms with Crippen molar-refractivity contribution in [2.24, 2.45) is 0 Å². The van der Waals surface area contributed by atoms with E-state index in [0.29, 0.717) is 0 Å². The van der Waals surface area contributed by atoms with Crippen LogP contribution in [0.4, 0.5) is 0 Å². The van der Waals surface area contributed by atoms with Gasteiger partial charge in [0.15, 0.2) is 0 Å². The summed E-state index contributed by atoms with van der Waals surface area (Å²) in [6.07, 6.45) is 2.12. The fourth-order valence-electron chi connectivity index (χ4n) is 2.44. The standard InChI is InChI=1S/C13H18N4S/c1-2-12-14-15-13-10-16(7-8-17(12)13)6-5-11-4-3-9-18-11/h3-4,9H,2,5-8,10H2,1H3. The summed E-state index contributed by atoms with van der Waals surface area (Å²) in [6.45, 7) is 6.35. The van der Waals surface area contributed by atoms with Crippen LogP contribution in [-0.2, 0) is 25.9 Å². The van der Waals surface area contributed by atoms with E-state index < -0.39 is 0 Å². The molecule has 96 valence electrons. The molecule has 0 bridgehead atoms. The Morgan fingerprint density at radius 3 is 3.06 bits per heavy atom. The summed E-state index contributed by atoms with van der Waals surface area (Å²) >= 11 is 1.84. The largest absolute Gasteiger partial charge is 0.313 e. The first-order valence-electron chi connectivity index (χ1n) is 6.52. The first-order valence-corrected chi connectivity index (χ1v) is 7.40. The lowest BCUT2D eigenvalue weighted by atomic mass is 10.3. The van der Waals surface area contributed by atoms with Crippen LogP contribution in [0.1, 0.15) is 23.4 Å². The van der Waals surface area contributed by atoms with E-state index in [1.165, 1.54) is 4.88 Å². The fourth-order valence-corrected chi connectivity index (χ4v) is 3.14. The van der Waals surface area contributed by atoms with Gasteiger partial charge in [0.25, 0.3) is 0 Å². The quantitative estimate of drug-likeness (QED) is 0.844. The highest BCUT2D eigenvalue weighted by Crippen LogP contribution is 2.15. The van der Waals surface area contributed by atoms with Gasteiger partial charge in [-0.2, -0.15) is 0 Å². The molecule has 0 aromatic carbocycles. The Morgan fingerprint density at radius 2 is 2.28 bits per heavy atom. The molecule has 3 heterocycles. The lowest BCUT2D eigenvalue weighted by molar-refractivity contribution is 0.218. The van der Waals surface area contributed by atoms with E-state index in [1.807, 2.05) is 11.3 Å². The minimum Gasteiger partial charge on any atom is -0.313 e. The molecule has 5 heteroatoms. The van der Waals surface area contributed by atoms with Gasteiger partial charge in [0.1, 0.15) is 11.6 Å². The molecule has 0 aliphatic carbocycles. The maximum atomic E-state index is 4.30. The SMILES string of the molecule is CCc1nnc2n1CCN(CCc1cccs1)C2. The number of hydrogen-bond donors (Lipinski definition) is 0. The monoisotopic (exact) mass is 262 g/mol. The Hall–Kier alpha value is -1.20. The Bertz CT molecular complexity index is 503. The molecule has 0 saturated carbocycles. The van der Waals surface area contributed by atoms with Crippen molar-refractivity contribution in [2.45, 2.75) is 32.9 Å². The van der Waals surface area contributed by atoms with E-state index in [1.54, 1.807) is 0 Å². The second-order valence-corrected chi connectivity index (χ2v) is 5.68. The Morgan fingerprint density at radius 1 is 1.33 bits per heavy atom. The maximum Gasteiger partial charge on any atom is 0.147 e. The maximum absolute atomic E-state index is 4.30. The lowest BCUT2D eigenvalue weighted by Gasteiger charge is -2.27. The summed E-state index contributed by atoms with van der Waals surface area (Å²) in [6, 6.07) is 4.34. The molecule has 0 radical (unpaired) electrons. The van der Waals surface area contributed by atoms with E-state index in [0.717, 1.165) is 50.7 Å². The summed E-state index contributed by atoms with van der Waals surface area (Å²) in [4.78, 5) is 3.94. The van der Waals surface area contributed by atoms with E-state index >= 15 is 0 Å². The molecule has 1 aliphatic rings. The van der Waals surface area contributed by atoms with Crippen molar-refractivity contribution in [3.63, 3.8) is 0 Å². The highest BCUT2D eigenvalue weighted by molar-refractivity contribution is 7.09. The molecular formula is C13H18N4S. The highest BCUT2D eigenvalue weighted by Gasteiger charge is 2.19. The fraction of sp³-hybridized carbons (Fsp3) is 0.538. The zero-order valence-corrected chi connectivity index (χ0v) is 11.5. The Kier molecular flexibility index (Phi) is 3.43. The minimum absolute atomic E-state index is 0.943. The van der Waals surface area contributed by atoms with Gasteiger partial charge >= 0.3 is 0 Å². The zero-order valence-electron chi connectivity index (χ0n) is 10.7. The third-order valence-electron chi connectivity index (χ3n) is 3.48. The van der Waals surface area contributed by atoms with Crippen LogP contribution in [0.2, 0.25) is 0 Å².